The van der Waals surface area contributed by atoms with Gasteiger partial charge in [0.2, 0.25) is 0 Å². The number of fused-ring (bicyclic) bond motifs is 1. The lowest BCUT2D eigenvalue weighted by Crippen LogP contribution is -2.05. The molecule has 0 aliphatic heterocycles. The molecule has 2 aromatic rings. The molecule has 0 saturated carbocycles. The number of hydrogen-bond donors (Lipinski definition) is 0. The summed E-state index contributed by atoms with van der Waals surface area (Å²) in [5, 5.41) is 1.54. The summed E-state index contributed by atoms with van der Waals surface area (Å²) in [5.41, 5.74) is 0.289. The van der Waals surface area contributed by atoms with Crippen LogP contribution in [0.5, 0.6) is 0 Å². The van der Waals surface area contributed by atoms with Crippen LogP contribution in [0.25, 0.3) is 10.8 Å². The molecule has 0 amide bonds. The first-order chi connectivity index (χ1) is 5.77. The Kier molecular flexibility index (Phi) is 1.70. The van der Waals surface area contributed by atoms with Gasteiger partial charge in [0.25, 0.3) is 0 Å². The zero-order valence-corrected chi connectivity index (χ0v) is 7.44. The summed E-state index contributed by atoms with van der Waals surface area (Å²) in [6.07, 6.45) is 0. The summed E-state index contributed by atoms with van der Waals surface area (Å²) in [4.78, 5) is 11.2. The lowest BCUT2D eigenvalue weighted by Gasteiger charge is -1.95. The summed E-state index contributed by atoms with van der Waals surface area (Å²) >= 11 is 0. The molecule has 1 aromatic heterocycles. The van der Waals surface area contributed by atoms with Crippen LogP contribution in [0.1, 0.15) is 0 Å². The van der Waals surface area contributed by atoms with E-state index in [4.69, 9.17) is 4.42 Å². The lowest BCUT2D eigenvalue weighted by molar-refractivity contribution is 0.556. The van der Waals surface area contributed by atoms with Crippen molar-refractivity contribution < 1.29 is 4.42 Å². The molecule has 0 radical (unpaired) electrons. The molecule has 1 unspecified atom stereocenters. The molecular formula is C9H7O2P. The highest BCUT2D eigenvalue weighted by molar-refractivity contribution is 7.26. The molecule has 1 heterocycles. The van der Waals surface area contributed by atoms with Gasteiger partial charge in [0, 0.05) is 0 Å². The van der Waals surface area contributed by atoms with Crippen LogP contribution < -0.4 is 11.1 Å². The van der Waals surface area contributed by atoms with E-state index in [9.17, 15) is 4.79 Å². The number of benzene rings is 1. The Morgan fingerprint density at radius 3 is 2.83 bits per heavy atom. The zero-order valence-electron chi connectivity index (χ0n) is 6.28. The van der Waals surface area contributed by atoms with E-state index in [1.807, 2.05) is 24.3 Å². The molecule has 1 atom stereocenters. The van der Waals surface area contributed by atoms with Crippen molar-refractivity contribution in [2.24, 2.45) is 0 Å². The molecule has 0 bridgehead atoms. The van der Waals surface area contributed by atoms with Gasteiger partial charge in [-0.2, -0.15) is 0 Å². The SMILES string of the molecule is O=c1oc(P)cc2ccccc12. The fourth-order valence-electron chi connectivity index (χ4n) is 1.15. The van der Waals surface area contributed by atoms with E-state index in [-0.39, 0.29) is 5.63 Å². The van der Waals surface area contributed by atoms with E-state index >= 15 is 0 Å². The fourth-order valence-corrected chi connectivity index (χ4v) is 1.44. The first kappa shape index (κ1) is 7.51. The van der Waals surface area contributed by atoms with Gasteiger partial charge in [0.15, 0.2) is 0 Å². The summed E-state index contributed by atoms with van der Waals surface area (Å²) in [5.74, 6) is 0. The third-order valence-corrected chi connectivity index (χ3v) is 1.97. The average Bonchev–Trinajstić information content (AvgIpc) is 2.04. The Morgan fingerprint density at radius 2 is 2.00 bits per heavy atom. The third-order valence-electron chi connectivity index (χ3n) is 1.69. The smallest absolute Gasteiger partial charge is 0.344 e. The van der Waals surface area contributed by atoms with Gasteiger partial charge in [-0.1, -0.05) is 27.4 Å². The Hall–Kier alpha value is -1.14. The van der Waals surface area contributed by atoms with Gasteiger partial charge in [-0.25, -0.2) is 4.79 Å². The molecule has 2 nitrogen and oxygen atoms in total. The highest BCUT2D eigenvalue weighted by Crippen LogP contribution is 2.07. The largest absolute Gasteiger partial charge is 0.423 e. The molecule has 1 aromatic carbocycles. The Labute approximate surface area is 71.4 Å². The molecule has 60 valence electrons. The quantitative estimate of drug-likeness (QED) is 0.569. The van der Waals surface area contributed by atoms with Crippen molar-refractivity contribution in [3.8, 4) is 0 Å². The van der Waals surface area contributed by atoms with Crippen molar-refractivity contribution >= 4 is 25.5 Å². The lowest BCUT2D eigenvalue weighted by atomic mass is 10.2. The van der Waals surface area contributed by atoms with Crippen molar-refractivity contribution in [1.29, 1.82) is 0 Å². The number of hydrogen-bond acceptors (Lipinski definition) is 2. The van der Waals surface area contributed by atoms with Gasteiger partial charge in [0.05, 0.1) is 5.39 Å². The van der Waals surface area contributed by atoms with Crippen LogP contribution in [0, 0.1) is 0 Å². The minimum atomic E-state index is -0.280. The second-order valence-corrected chi connectivity index (χ2v) is 3.09. The van der Waals surface area contributed by atoms with E-state index in [1.165, 1.54) is 0 Å². The highest BCUT2D eigenvalue weighted by Gasteiger charge is 1.98. The van der Waals surface area contributed by atoms with Crippen LogP contribution >= 0.6 is 9.24 Å². The van der Waals surface area contributed by atoms with Crippen LogP contribution in [-0.2, 0) is 0 Å². The van der Waals surface area contributed by atoms with Crippen molar-refractivity contribution in [1.82, 2.24) is 0 Å². The molecule has 2 rings (SSSR count). The van der Waals surface area contributed by atoms with Crippen LogP contribution in [0.3, 0.4) is 0 Å². The first-order valence-corrected chi connectivity index (χ1v) is 4.13. The van der Waals surface area contributed by atoms with Crippen molar-refractivity contribution in [2.75, 3.05) is 0 Å². The third kappa shape index (κ3) is 1.15. The summed E-state index contributed by atoms with van der Waals surface area (Å²) in [6, 6.07) is 9.18. The molecule has 12 heavy (non-hydrogen) atoms. The van der Waals surface area contributed by atoms with Crippen molar-refractivity contribution in [3.05, 3.63) is 40.8 Å². The first-order valence-electron chi connectivity index (χ1n) is 3.56. The molecule has 0 fully saturated rings. The molecule has 0 saturated heterocycles. The van der Waals surface area contributed by atoms with Gasteiger partial charge in [-0.05, 0) is 17.5 Å². The summed E-state index contributed by atoms with van der Waals surface area (Å²) in [7, 11) is 2.37. The maximum Gasteiger partial charge on any atom is 0.344 e. The topological polar surface area (TPSA) is 30.2 Å². The van der Waals surface area contributed by atoms with Crippen LogP contribution in [0.4, 0.5) is 0 Å². The van der Waals surface area contributed by atoms with Gasteiger partial charge >= 0.3 is 5.63 Å². The monoisotopic (exact) mass is 178 g/mol. The Morgan fingerprint density at radius 1 is 1.25 bits per heavy atom. The highest BCUT2D eigenvalue weighted by atomic mass is 31.0. The fraction of sp³-hybridized carbons (Fsp3) is 0. The van der Waals surface area contributed by atoms with E-state index in [1.54, 1.807) is 6.07 Å². The molecule has 0 aliphatic rings. The zero-order chi connectivity index (χ0) is 8.55. The van der Waals surface area contributed by atoms with Gasteiger partial charge in [0.1, 0.15) is 5.50 Å². The second kappa shape index (κ2) is 2.72. The van der Waals surface area contributed by atoms with E-state index in [0.29, 0.717) is 10.9 Å². The van der Waals surface area contributed by atoms with E-state index in [0.717, 1.165) is 5.39 Å². The Balaban J connectivity index is 2.99. The van der Waals surface area contributed by atoms with Gasteiger partial charge in [-0.3, -0.25) is 0 Å². The van der Waals surface area contributed by atoms with Crippen LogP contribution in [-0.4, -0.2) is 0 Å². The summed E-state index contributed by atoms with van der Waals surface area (Å²) in [6.45, 7) is 0. The molecule has 3 heteroatoms. The molecule has 0 aliphatic carbocycles. The van der Waals surface area contributed by atoms with E-state index in [2.05, 4.69) is 9.24 Å². The minimum absolute atomic E-state index is 0.280. The van der Waals surface area contributed by atoms with Crippen LogP contribution in [0.2, 0.25) is 0 Å². The average molecular weight is 178 g/mol. The van der Waals surface area contributed by atoms with Crippen LogP contribution in [0.15, 0.2) is 39.5 Å². The van der Waals surface area contributed by atoms with Crippen molar-refractivity contribution in [2.45, 2.75) is 0 Å². The maximum absolute atomic E-state index is 11.2. The second-order valence-electron chi connectivity index (χ2n) is 2.52. The van der Waals surface area contributed by atoms with Crippen molar-refractivity contribution in [3.63, 3.8) is 0 Å². The summed E-state index contributed by atoms with van der Waals surface area (Å²) < 4.78 is 4.90. The Bertz CT molecular complexity index is 473. The predicted octanol–water partition coefficient (Wildman–Crippen LogP) is 1.29. The molecule has 0 N–H and O–H groups in total. The number of rotatable bonds is 0. The normalized spacial score (nSPS) is 10.4. The molecular weight excluding hydrogens is 171 g/mol. The van der Waals surface area contributed by atoms with Gasteiger partial charge in [-0.15, -0.1) is 0 Å². The van der Waals surface area contributed by atoms with Gasteiger partial charge < -0.3 is 4.42 Å². The van der Waals surface area contributed by atoms with E-state index < -0.39 is 0 Å². The standard InChI is InChI=1S/C9H7O2P/c10-9-7-4-2-1-3-6(7)5-8(12)11-9/h1-5H,12H2. The predicted molar refractivity (Wildman–Crippen MR) is 51.8 cm³/mol. The minimum Gasteiger partial charge on any atom is -0.423 e. The molecule has 0 spiro atoms. The maximum atomic E-state index is 11.2.